The highest BCUT2D eigenvalue weighted by Gasteiger charge is 2.01. The molecule has 0 aliphatic heterocycles. The Morgan fingerprint density at radius 2 is 2.44 bits per heavy atom. The van der Waals surface area contributed by atoms with Crippen LogP contribution in [0, 0.1) is 0 Å². The van der Waals surface area contributed by atoms with E-state index in [2.05, 4.69) is 0 Å². The Morgan fingerprint density at radius 3 is 2.67 bits per heavy atom. The van der Waals surface area contributed by atoms with E-state index in [4.69, 9.17) is 16.9 Å². The second kappa shape index (κ2) is 2.11. The molecule has 0 unspecified atom stereocenters. The van der Waals surface area contributed by atoms with Crippen molar-refractivity contribution >= 4 is 17.7 Å². The molecule has 1 heterocycles. The molecule has 0 saturated carbocycles. The van der Waals surface area contributed by atoms with Crippen LogP contribution in [0.2, 0.25) is 0 Å². The van der Waals surface area contributed by atoms with Crippen molar-refractivity contribution in [3.8, 4) is 0 Å². The highest BCUT2D eigenvalue weighted by molar-refractivity contribution is 6.15. The summed E-state index contributed by atoms with van der Waals surface area (Å²) in [7, 11) is 0. The largest absolute Gasteiger partial charge is 0.478 e. The van der Waals surface area contributed by atoms with E-state index in [1.807, 2.05) is 0 Å². The lowest BCUT2D eigenvalue weighted by Gasteiger charge is -1.81. The zero-order valence-electron chi connectivity index (χ0n) is 4.41. The molecule has 0 aliphatic carbocycles. The summed E-state index contributed by atoms with van der Waals surface area (Å²) < 4.78 is 1.17. The van der Waals surface area contributed by atoms with Gasteiger partial charge >= 0.3 is 5.97 Å². The second-order valence-electron chi connectivity index (χ2n) is 1.55. The standard InChI is InChI=1S/C5H4ClNO2/c6-7-2-1-4(3-7)5(8)9/h1-3H,(H,8,9). The van der Waals surface area contributed by atoms with Gasteiger partial charge in [-0.25, -0.2) is 4.79 Å². The van der Waals surface area contributed by atoms with Crippen molar-refractivity contribution in [1.82, 2.24) is 4.09 Å². The van der Waals surface area contributed by atoms with Gasteiger partial charge in [-0.15, -0.1) is 0 Å². The first-order valence-electron chi connectivity index (χ1n) is 2.27. The topological polar surface area (TPSA) is 42.2 Å². The number of carboxylic acid groups (broad SMARTS) is 1. The first-order valence-corrected chi connectivity index (χ1v) is 2.61. The van der Waals surface area contributed by atoms with Gasteiger partial charge in [-0.1, -0.05) is 0 Å². The van der Waals surface area contributed by atoms with Crippen LogP contribution in [0.25, 0.3) is 0 Å². The Bertz CT molecular complexity index is 231. The molecular weight excluding hydrogens is 142 g/mol. The lowest BCUT2D eigenvalue weighted by Crippen LogP contribution is -1.91. The fraction of sp³-hybridized carbons (Fsp3) is 0. The third-order valence-electron chi connectivity index (χ3n) is 0.906. The summed E-state index contributed by atoms with van der Waals surface area (Å²) in [6.07, 6.45) is 2.79. The van der Waals surface area contributed by atoms with Gasteiger partial charge < -0.3 is 5.11 Å². The number of nitrogens with zero attached hydrogens (tertiary/aromatic N) is 1. The molecule has 1 rings (SSSR count). The van der Waals surface area contributed by atoms with E-state index in [0.29, 0.717) is 0 Å². The van der Waals surface area contributed by atoms with E-state index < -0.39 is 5.97 Å². The molecule has 4 heteroatoms. The monoisotopic (exact) mass is 145 g/mol. The van der Waals surface area contributed by atoms with Gasteiger partial charge in [0.25, 0.3) is 0 Å². The number of hydrogen-bond donors (Lipinski definition) is 1. The first-order chi connectivity index (χ1) is 4.20. The average molecular weight is 146 g/mol. The van der Waals surface area contributed by atoms with E-state index in [9.17, 15) is 4.79 Å². The average Bonchev–Trinajstić information content (AvgIpc) is 2.14. The van der Waals surface area contributed by atoms with Gasteiger partial charge in [-0.3, -0.25) is 4.09 Å². The summed E-state index contributed by atoms with van der Waals surface area (Å²) in [5.74, 6) is -0.964. The molecule has 0 spiro atoms. The molecule has 0 amide bonds. The zero-order valence-corrected chi connectivity index (χ0v) is 5.17. The minimum absolute atomic E-state index is 0.199. The van der Waals surface area contributed by atoms with Crippen molar-refractivity contribution in [2.45, 2.75) is 0 Å². The maximum Gasteiger partial charge on any atom is 0.337 e. The molecule has 1 aromatic rings. The van der Waals surface area contributed by atoms with Crippen molar-refractivity contribution in [3.63, 3.8) is 0 Å². The van der Waals surface area contributed by atoms with E-state index in [-0.39, 0.29) is 5.56 Å². The number of carbonyl (C=O) groups is 1. The number of aromatic carboxylic acids is 1. The van der Waals surface area contributed by atoms with Gasteiger partial charge in [0.1, 0.15) is 0 Å². The van der Waals surface area contributed by atoms with Gasteiger partial charge in [0, 0.05) is 24.2 Å². The molecule has 0 bridgehead atoms. The lowest BCUT2D eigenvalue weighted by atomic mass is 10.4. The molecule has 0 atom stereocenters. The molecule has 48 valence electrons. The Kier molecular flexibility index (Phi) is 1.44. The maximum atomic E-state index is 10.1. The quantitative estimate of drug-likeness (QED) is 0.645. The Hall–Kier alpha value is -0.960. The van der Waals surface area contributed by atoms with Crippen molar-refractivity contribution in [2.75, 3.05) is 0 Å². The van der Waals surface area contributed by atoms with Crippen LogP contribution in [0.15, 0.2) is 18.5 Å². The summed E-state index contributed by atoms with van der Waals surface area (Å²) >= 11 is 5.36. The minimum Gasteiger partial charge on any atom is -0.478 e. The van der Waals surface area contributed by atoms with Crippen LogP contribution in [-0.2, 0) is 0 Å². The van der Waals surface area contributed by atoms with E-state index >= 15 is 0 Å². The van der Waals surface area contributed by atoms with Crippen LogP contribution < -0.4 is 0 Å². The van der Waals surface area contributed by atoms with Crippen LogP contribution in [0.1, 0.15) is 10.4 Å². The Morgan fingerprint density at radius 1 is 1.78 bits per heavy atom. The highest BCUT2D eigenvalue weighted by Crippen LogP contribution is 2.01. The van der Waals surface area contributed by atoms with Crippen molar-refractivity contribution < 1.29 is 9.90 Å². The minimum atomic E-state index is -0.964. The molecule has 0 saturated heterocycles. The fourth-order valence-electron chi connectivity index (χ4n) is 0.497. The van der Waals surface area contributed by atoms with Crippen LogP contribution in [-0.4, -0.2) is 15.2 Å². The summed E-state index contributed by atoms with van der Waals surface area (Å²) in [6, 6.07) is 1.43. The second-order valence-corrected chi connectivity index (χ2v) is 1.94. The van der Waals surface area contributed by atoms with Gasteiger partial charge in [0.2, 0.25) is 0 Å². The normalized spacial score (nSPS) is 9.44. The molecule has 1 aromatic heterocycles. The first kappa shape index (κ1) is 6.16. The van der Waals surface area contributed by atoms with Gasteiger partial charge in [-0.05, 0) is 6.07 Å². The summed E-state index contributed by atoms with van der Waals surface area (Å²) in [4.78, 5) is 10.1. The smallest absolute Gasteiger partial charge is 0.337 e. The van der Waals surface area contributed by atoms with E-state index in [1.165, 1.54) is 22.5 Å². The summed E-state index contributed by atoms with van der Waals surface area (Å²) in [6.45, 7) is 0. The van der Waals surface area contributed by atoms with Gasteiger partial charge in [0.15, 0.2) is 0 Å². The number of halogens is 1. The van der Waals surface area contributed by atoms with E-state index in [1.54, 1.807) is 0 Å². The Labute approximate surface area is 56.6 Å². The fourth-order valence-corrected chi connectivity index (χ4v) is 0.658. The SMILES string of the molecule is O=C(O)c1ccn(Cl)c1. The number of carboxylic acids is 1. The molecule has 0 aliphatic rings. The van der Waals surface area contributed by atoms with Crippen molar-refractivity contribution in [1.29, 1.82) is 0 Å². The zero-order chi connectivity index (χ0) is 6.85. The number of aromatic nitrogens is 1. The number of rotatable bonds is 1. The van der Waals surface area contributed by atoms with Gasteiger partial charge in [0.05, 0.1) is 5.56 Å². The van der Waals surface area contributed by atoms with Crippen molar-refractivity contribution in [2.24, 2.45) is 0 Å². The molecule has 0 aromatic carbocycles. The molecule has 9 heavy (non-hydrogen) atoms. The molecule has 3 nitrogen and oxygen atoms in total. The molecular formula is C5H4ClNO2. The van der Waals surface area contributed by atoms with Crippen molar-refractivity contribution in [3.05, 3.63) is 24.0 Å². The molecule has 1 N–H and O–H groups in total. The third-order valence-corrected chi connectivity index (χ3v) is 1.12. The predicted molar refractivity (Wildman–Crippen MR) is 32.6 cm³/mol. The third kappa shape index (κ3) is 1.23. The van der Waals surface area contributed by atoms with Gasteiger partial charge in [-0.2, -0.15) is 0 Å². The van der Waals surface area contributed by atoms with Crippen LogP contribution in [0.4, 0.5) is 0 Å². The summed E-state index contributed by atoms with van der Waals surface area (Å²) in [5.41, 5.74) is 0.199. The van der Waals surface area contributed by atoms with Crippen LogP contribution in [0.3, 0.4) is 0 Å². The lowest BCUT2D eigenvalue weighted by molar-refractivity contribution is 0.0697. The van der Waals surface area contributed by atoms with Crippen LogP contribution >= 0.6 is 11.8 Å². The Balaban J connectivity index is 2.98. The van der Waals surface area contributed by atoms with Crippen LogP contribution in [0.5, 0.6) is 0 Å². The highest BCUT2D eigenvalue weighted by atomic mass is 35.5. The summed E-state index contributed by atoms with van der Waals surface area (Å²) in [5, 5.41) is 8.33. The van der Waals surface area contributed by atoms with E-state index in [0.717, 1.165) is 0 Å². The number of hydrogen-bond acceptors (Lipinski definition) is 1. The molecule has 0 fully saturated rings. The predicted octanol–water partition coefficient (Wildman–Crippen LogP) is 1.19. The maximum absolute atomic E-state index is 10.1. The molecule has 0 radical (unpaired) electrons.